The Kier molecular flexibility index (Phi) is 4.00. The van der Waals surface area contributed by atoms with Gasteiger partial charge in [0.15, 0.2) is 0 Å². The van der Waals surface area contributed by atoms with Gasteiger partial charge in [0.1, 0.15) is 0 Å². The number of hydrogen-bond acceptors (Lipinski definition) is 2. The van der Waals surface area contributed by atoms with Crippen molar-refractivity contribution in [3.8, 4) is 0 Å². The Morgan fingerprint density at radius 2 is 2.20 bits per heavy atom. The molecule has 0 unspecified atom stereocenters. The molecule has 0 saturated heterocycles. The summed E-state index contributed by atoms with van der Waals surface area (Å²) in [4.78, 5) is 10.8. The molecule has 80 valence electrons. The van der Waals surface area contributed by atoms with Crippen LogP contribution in [0.15, 0.2) is 18.2 Å². The van der Waals surface area contributed by atoms with Crippen molar-refractivity contribution in [3.05, 3.63) is 34.4 Å². The van der Waals surface area contributed by atoms with E-state index in [4.69, 9.17) is 34.0 Å². The van der Waals surface area contributed by atoms with Gasteiger partial charge in [-0.2, -0.15) is 0 Å². The molecule has 1 rings (SSSR count). The molecular weight excluding hydrogens is 237 g/mol. The second-order valence-electron chi connectivity index (χ2n) is 2.82. The maximum atomic E-state index is 10.8. The van der Waals surface area contributed by atoms with Gasteiger partial charge in [0.25, 0.3) is 0 Å². The van der Waals surface area contributed by atoms with E-state index in [2.05, 4.69) is 0 Å². The van der Waals surface area contributed by atoms with Gasteiger partial charge in [-0.1, -0.05) is 23.8 Å². The number of benzene rings is 1. The molecule has 5 heteroatoms. The molecule has 0 heterocycles. The topological polar surface area (TPSA) is 63.3 Å². The first-order chi connectivity index (χ1) is 7.06. The van der Waals surface area contributed by atoms with Gasteiger partial charge >= 0.3 is 5.97 Å². The van der Waals surface area contributed by atoms with E-state index in [1.807, 2.05) is 0 Å². The van der Waals surface area contributed by atoms with E-state index in [1.165, 1.54) is 6.07 Å². The number of nitrogen functional groups attached to an aromatic ring is 1. The molecule has 1 aromatic carbocycles. The Bertz CT molecular complexity index is 416. The molecule has 0 fully saturated rings. The van der Waals surface area contributed by atoms with E-state index in [9.17, 15) is 4.79 Å². The third-order valence-corrected chi connectivity index (χ3v) is 2.19. The van der Waals surface area contributed by atoms with E-state index < -0.39 is 5.97 Å². The van der Waals surface area contributed by atoms with Crippen molar-refractivity contribution in [2.24, 2.45) is 0 Å². The van der Waals surface area contributed by atoms with Gasteiger partial charge < -0.3 is 10.8 Å². The Morgan fingerprint density at radius 3 is 2.73 bits per heavy atom. The maximum Gasteiger partial charge on any atom is 0.337 e. The number of halogens is 2. The largest absolute Gasteiger partial charge is 0.478 e. The maximum absolute atomic E-state index is 10.8. The fourth-order valence-electron chi connectivity index (χ4n) is 1.13. The summed E-state index contributed by atoms with van der Waals surface area (Å²) in [6.07, 6.45) is 3.30. The van der Waals surface area contributed by atoms with Crippen LogP contribution in [-0.4, -0.2) is 17.0 Å². The third-order valence-electron chi connectivity index (χ3n) is 1.79. The van der Waals surface area contributed by atoms with Crippen molar-refractivity contribution < 1.29 is 9.90 Å². The van der Waals surface area contributed by atoms with Gasteiger partial charge in [0, 0.05) is 10.9 Å². The monoisotopic (exact) mass is 245 g/mol. The van der Waals surface area contributed by atoms with Crippen molar-refractivity contribution in [3.63, 3.8) is 0 Å². The van der Waals surface area contributed by atoms with Crippen LogP contribution in [0.5, 0.6) is 0 Å². The number of carbonyl (C=O) groups is 1. The molecule has 1 aromatic rings. The van der Waals surface area contributed by atoms with E-state index in [1.54, 1.807) is 18.2 Å². The lowest BCUT2D eigenvalue weighted by atomic mass is 10.1. The van der Waals surface area contributed by atoms with Crippen molar-refractivity contribution in [2.45, 2.75) is 0 Å². The Hall–Kier alpha value is -1.19. The summed E-state index contributed by atoms with van der Waals surface area (Å²) < 4.78 is 0. The Balaban J connectivity index is 3.28. The molecule has 3 nitrogen and oxygen atoms in total. The van der Waals surface area contributed by atoms with E-state index in [-0.39, 0.29) is 11.3 Å². The molecule has 0 saturated carbocycles. The summed E-state index contributed by atoms with van der Waals surface area (Å²) in [7, 11) is 0. The summed E-state index contributed by atoms with van der Waals surface area (Å²) in [6.45, 7) is 0. The van der Waals surface area contributed by atoms with Crippen molar-refractivity contribution >= 4 is 40.9 Å². The predicted molar refractivity (Wildman–Crippen MR) is 62.6 cm³/mol. The van der Waals surface area contributed by atoms with Crippen LogP contribution in [0.4, 0.5) is 5.69 Å². The molecule has 0 aliphatic rings. The van der Waals surface area contributed by atoms with Crippen molar-refractivity contribution in [1.29, 1.82) is 0 Å². The quantitative estimate of drug-likeness (QED) is 0.636. The fraction of sp³-hybridized carbons (Fsp3) is 0.100. The van der Waals surface area contributed by atoms with Crippen LogP contribution in [-0.2, 0) is 0 Å². The van der Waals surface area contributed by atoms with Gasteiger partial charge in [0.05, 0.1) is 11.3 Å². The minimum atomic E-state index is -1.10. The van der Waals surface area contributed by atoms with Gasteiger partial charge in [-0.05, 0) is 17.7 Å². The average molecular weight is 246 g/mol. The van der Waals surface area contributed by atoms with Crippen LogP contribution < -0.4 is 5.73 Å². The lowest BCUT2D eigenvalue weighted by molar-refractivity contribution is 0.0698. The normalized spacial score (nSPS) is 10.8. The van der Waals surface area contributed by atoms with E-state index in [0.29, 0.717) is 16.5 Å². The smallest absolute Gasteiger partial charge is 0.337 e. The fourth-order valence-corrected chi connectivity index (χ4v) is 1.44. The molecule has 0 spiro atoms. The minimum Gasteiger partial charge on any atom is -0.478 e. The predicted octanol–water partition coefficient (Wildman–Crippen LogP) is 2.87. The van der Waals surface area contributed by atoms with Crippen LogP contribution >= 0.6 is 23.2 Å². The molecule has 0 aliphatic heterocycles. The molecule has 0 bridgehead atoms. The summed E-state index contributed by atoms with van der Waals surface area (Å²) in [6, 6.07) is 2.91. The summed E-state index contributed by atoms with van der Waals surface area (Å²) >= 11 is 11.2. The summed E-state index contributed by atoms with van der Waals surface area (Å²) in [5.74, 6) is -0.774. The number of carboxylic acids is 1. The van der Waals surface area contributed by atoms with Gasteiger partial charge in [-0.25, -0.2) is 4.79 Å². The first-order valence-corrected chi connectivity index (χ1v) is 5.02. The molecule has 0 aromatic heterocycles. The van der Waals surface area contributed by atoms with Crippen LogP contribution in [0.3, 0.4) is 0 Å². The molecule has 0 atom stereocenters. The number of nitrogens with two attached hydrogens (primary N) is 1. The lowest BCUT2D eigenvalue weighted by Crippen LogP contribution is -2.04. The number of aromatic carboxylic acids is 1. The van der Waals surface area contributed by atoms with Crippen LogP contribution in [0.1, 0.15) is 15.9 Å². The SMILES string of the molecule is Nc1c(C=CCCl)cc(Cl)cc1C(=O)O. The zero-order chi connectivity index (χ0) is 11.4. The van der Waals surface area contributed by atoms with Gasteiger partial charge in [0.2, 0.25) is 0 Å². The van der Waals surface area contributed by atoms with Crippen LogP contribution in [0, 0.1) is 0 Å². The standard InChI is InChI=1S/C10H9Cl2NO2/c11-3-1-2-6-4-7(12)5-8(9(6)13)10(14)15/h1-2,4-5H,3,13H2,(H,14,15). The lowest BCUT2D eigenvalue weighted by Gasteiger charge is -2.05. The highest BCUT2D eigenvalue weighted by Crippen LogP contribution is 2.24. The highest BCUT2D eigenvalue weighted by atomic mass is 35.5. The molecule has 0 radical (unpaired) electrons. The zero-order valence-corrected chi connectivity index (χ0v) is 9.22. The number of hydrogen-bond donors (Lipinski definition) is 2. The Labute approximate surface area is 97.1 Å². The molecule has 0 aliphatic carbocycles. The van der Waals surface area contributed by atoms with Crippen LogP contribution in [0.25, 0.3) is 6.08 Å². The number of allylic oxidation sites excluding steroid dienone is 1. The second-order valence-corrected chi connectivity index (χ2v) is 3.56. The second kappa shape index (κ2) is 5.05. The van der Waals surface area contributed by atoms with E-state index in [0.717, 1.165) is 0 Å². The van der Waals surface area contributed by atoms with Crippen LogP contribution in [0.2, 0.25) is 5.02 Å². The highest BCUT2D eigenvalue weighted by molar-refractivity contribution is 6.31. The van der Waals surface area contributed by atoms with Crippen molar-refractivity contribution in [2.75, 3.05) is 11.6 Å². The molecule has 3 N–H and O–H groups in total. The zero-order valence-electron chi connectivity index (χ0n) is 7.71. The number of alkyl halides is 1. The number of anilines is 1. The molecular formula is C10H9Cl2NO2. The average Bonchev–Trinajstić information content (AvgIpc) is 2.18. The first kappa shape index (κ1) is 11.9. The number of rotatable bonds is 3. The summed E-state index contributed by atoms with van der Waals surface area (Å²) in [5, 5.41) is 9.18. The summed E-state index contributed by atoms with van der Waals surface area (Å²) in [5.41, 5.74) is 6.40. The Morgan fingerprint density at radius 1 is 1.53 bits per heavy atom. The van der Waals surface area contributed by atoms with Crippen molar-refractivity contribution in [1.82, 2.24) is 0 Å². The minimum absolute atomic E-state index is 0.00303. The van der Waals surface area contributed by atoms with Gasteiger partial charge in [-0.15, -0.1) is 11.6 Å². The highest BCUT2D eigenvalue weighted by Gasteiger charge is 2.11. The first-order valence-electron chi connectivity index (χ1n) is 4.11. The molecule has 15 heavy (non-hydrogen) atoms. The molecule has 0 amide bonds. The third kappa shape index (κ3) is 2.88. The van der Waals surface area contributed by atoms with E-state index >= 15 is 0 Å². The van der Waals surface area contributed by atoms with Gasteiger partial charge in [-0.3, -0.25) is 0 Å². The number of carboxylic acid groups (broad SMARTS) is 1.